The standard InChI is InChI=1S/C26H31ClN2O5/c1-5-33-24(31)19-15-20(27)18(17-11-7-6-8-12-17)16-21(19)28-23(30)22-13-9-10-14-29(22)25(32)34-26(2,3)4/h6-8,11-12,15-16,22H,5,9-10,13-14H2,1-4H3,(H,28,30). The molecule has 1 saturated heterocycles. The van der Waals surface area contributed by atoms with Crippen LogP contribution in [0, 0.1) is 0 Å². The van der Waals surface area contributed by atoms with Crippen molar-refractivity contribution in [3.8, 4) is 11.1 Å². The maximum Gasteiger partial charge on any atom is 0.410 e. The second kappa shape index (κ2) is 10.9. The molecule has 2 aromatic rings. The topological polar surface area (TPSA) is 84.9 Å². The normalized spacial score (nSPS) is 16.0. The number of esters is 1. The van der Waals surface area contributed by atoms with E-state index in [-0.39, 0.29) is 17.9 Å². The van der Waals surface area contributed by atoms with E-state index in [4.69, 9.17) is 21.1 Å². The number of rotatable bonds is 5. The number of piperidine rings is 1. The maximum atomic E-state index is 13.4. The van der Waals surface area contributed by atoms with Gasteiger partial charge in [0.05, 0.1) is 17.9 Å². The number of likely N-dealkylation sites (tertiary alicyclic amines) is 1. The number of hydrogen-bond donors (Lipinski definition) is 1. The van der Waals surface area contributed by atoms with Crippen LogP contribution in [0.1, 0.15) is 57.3 Å². The van der Waals surface area contributed by atoms with Gasteiger partial charge in [-0.1, -0.05) is 41.9 Å². The molecule has 8 heteroatoms. The highest BCUT2D eigenvalue weighted by Crippen LogP contribution is 2.34. The summed E-state index contributed by atoms with van der Waals surface area (Å²) >= 11 is 6.50. The summed E-state index contributed by atoms with van der Waals surface area (Å²) in [4.78, 5) is 40.2. The van der Waals surface area contributed by atoms with E-state index >= 15 is 0 Å². The Labute approximate surface area is 205 Å². The first-order valence-corrected chi connectivity index (χ1v) is 11.8. The molecule has 7 nitrogen and oxygen atoms in total. The Hall–Kier alpha value is -3.06. The van der Waals surface area contributed by atoms with Gasteiger partial charge in [-0.15, -0.1) is 0 Å². The van der Waals surface area contributed by atoms with Crippen LogP contribution in [-0.4, -0.2) is 47.7 Å². The third kappa shape index (κ3) is 6.29. The van der Waals surface area contributed by atoms with Gasteiger partial charge < -0.3 is 14.8 Å². The number of hydrogen-bond acceptors (Lipinski definition) is 5. The van der Waals surface area contributed by atoms with Crippen molar-refractivity contribution >= 4 is 35.3 Å². The molecule has 182 valence electrons. The van der Waals surface area contributed by atoms with Gasteiger partial charge in [0.25, 0.3) is 0 Å². The zero-order valence-electron chi connectivity index (χ0n) is 20.0. The van der Waals surface area contributed by atoms with Crippen LogP contribution in [0.5, 0.6) is 0 Å². The Morgan fingerprint density at radius 3 is 2.47 bits per heavy atom. The van der Waals surface area contributed by atoms with Crippen LogP contribution in [-0.2, 0) is 14.3 Å². The lowest BCUT2D eigenvalue weighted by Gasteiger charge is -2.35. The Bertz CT molecular complexity index is 1050. The fraction of sp³-hybridized carbons (Fsp3) is 0.423. The van der Waals surface area contributed by atoms with Crippen LogP contribution < -0.4 is 5.32 Å². The van der Waals surface area contributed by atoms with Gasteiger partial charge >= 0.3 is 12.1 Å². The van der Waals surface area contributed by atoms with E-state index in [2.05, 4.69) is 5.32 Å². The molecule has 2 aromatic carbocycles. The van der Waals surface area contributed by atoms with Gasteiger partial charge in [0.1, 0.15) is 11.6 Å². The summed E-state index contributed by atoms with van der Waals surface area (Å²) in [5, 5.41) is 3.22. The minimum Gasteiger partial charge on any atom is -0.462 e. The predicted molar refractivity (Wildman–Crippen MR) is 132 cm³/mol. The molecule has 1 fully saturated rings. The SMILES string of the molecule is CCOC(=O)c1cc(Cl)c(-c2ccccc2)cc1NC(=O)C1CCCCN1C(=O)OC(C)(C)C. The highest BCUT2D eigenvalue weighted by Gasteiger charge is 2.35. The molecule has 1 atom stereocenters. The summed E-state index contributed by atoms with van der Waals surface area (Å²) in [6.07, 6.45) is 1.56. The molecule has 1 aliphatic rings. The van der Waals surface area contributed by atoms with E-state index in [0.717, 1.165) is 18.4 Å². The fourth-order valence-corrected chi connectivity index (χ4v) is 4.13. The van der Waals surface area contributed by atoms with E-state index in [9.17, 15) is 14.4 Å². The van der Waals surface area contributed by atoms with Gasteiger partial charge in [-0.2, -0.15) is 0 Å². The smallest absolute Gasteiger partial charge is 0.410 e. The van der Waals surface area contributed by atoms with Crippen molar-refractivity contribution in [1.29, 1.82) is 0 Å². The summed E-state index contributed by atoms with van der Waals surface area (Å²) in [5.74, 6) is -0.982. The van der Waals surface area contributed by atoms with Crippen molar-refractivity contribution in [2.45, 2.75) is 58.6 Å². The molecule has 0 bridgehead atoms. The molecule has 1 heterocycles. The molecule has 1 N–H and O–H groups in total. The number of anilines is 1. The van der Waals surface area contributed by atoms with Crippen LogP contribution in [0.15, 0.2) is 42.5 Å². The number of ether oxygens (including phenoxy) is 2. The zero-order valence-corrected chi connectivity index (χ0v) is 20.8. The Kier molecular flexibility index (Phi) is 8.20. The lowest BCUT2D eigenvalue weighted by atomic mass is 10.00. The molecule has 0 saturated carbocycles. The van der Waals surface area contributed by atoms with E-state index in [0.29, 0.717) is 23.6 Å². The van der Waals surface area contributed by atoms with Gasteiger partial charge in [0, 0.05) is 17.1 Å². The third-order valence-corrected chi connectivity index (χ3v) is 5.69. The summed E-state index contributed by atoms with van der Waals surface area (Å²) in [7, 11) is 0. The molecule has 0 spiro atoms. The van der Waals surface area contributed by atoms with Crippen LogP contribution >= 0.6 is 11.6 Å². The summed E-state index contributed by atoms with van der Waals surface area (Å²) in [6, 6.07) is 11.9. The summed E-state index contributed by atoms with van der Waals surface area (Å²) in [5.41, 5.74) is 1.26. The molecule has 1 unspecified atom stereocenters. The lowest BCUT2D eigenvalue weighted by Crippen LogP contribution is -2.51. The number of nitrogens with one attached hydrogen (secondary N) is 1. The number of benzene rings is 2. The van der Waals surface area contributed by atoms with Crippen LogP contribution in [0.3, 0.4) is 0 Å². The van der Waals surface area contributed by atoms with Crippen LogP contribution in [0.2, 0.25) is 5.02 Å². The molecule has 1 aliphatic heterocycles. The second-order valence-corrected chi connectivity index (χ2v) is 9.55. The highest BCUT2D eigenvalue weighted by atomic mass is 35.5. The van der Waals surface area contributed by atoms with E-state index in [1.54, 1.807) is 33.8 Å². The maximum absolute atomic E-state index is 13.4. The Morgan fingerprint density at radius 1 is 1.12 bits per heavy atom. The van der Waals surface area contributed by atoms with Crippen molar-refractivity contribution in [3.63, 3.8) is 0 Å². The minimum absolute atomic E-state index is 0.152. The lowest BCUT2D eigenvalue weighted by molar-refractivity contribution is -0.122. The number of amides is 2. The van der Waals surface area contributed by atoms with Crippen LogP contribution in [0.25, 0.3) is 11.1 Å². The Balaban J connectivity index is 1.94. The monoisotopic (exact) mass is 486 g/mol. The predicted octanol–water partition coefficient (Wildman–Crippen LogP) is 5.91. The summed E-state index contributed by atoms with van der Waals surface area (Å²) in [6.45, 7) is 7.67. The summed E-state index contributed by atoms with van der Waals surface area (Å²) < 4.78 is 10.7. The third-order valence-electron chi connectivity index (χ3n) is 5.38. The second-order valence-electron chi connectivity index (χ2n) is 9.14. The molecule has 0 aliphatic carbocycles. The minimum atomic E-state index is -0.713. The average Bonchev–Trinajstić information content (AvgIpc) is 2.79. The van der Waals surface area contributed by atoms with E-state index in [1.807, 2.05) is 30.3 Å². The zero-order chi connectivity index (χ0) is 24.9. The van der Waals surface area contributed by atoms with Crippen molar-refractivity contribution in [2.75, 3.05) is 18.5 Å². The first-order valence-electron chi connectivity index (χ1n) is 11.5. The molecule has 3 rings (SSSR count). The number of carbonyl (C=O) groups excluding carboxylic acids is 3. The van der Waals surface area contributed by atoms with Crippen molar-refractivity contribution < 1.29 is 23.9 Å². The van der Waals surface area contributed by atoms with Gasteiger partial charge in [-0.05, 0) is 64.7 Å². The molecule has 0 radical (unpaired) electrons. The number of halogens is 1. The van der Waals surface area contributed by atoms with Gasteiger partial charge in [0.2, 0.25) is 5.91 Å². The first-order chi connectivity index (χ1) is 16.1. The van der Waals surface area contributed by atoms with Crippen LogP contribution in [0.4, 0.5) is 10.5 Å². The highest BCUT2D eigenvalue weighted by molar-refractivity contribution is 6.34. The van der Waals surface area contributed by atoms with E-state index < -0.39 is 29.6 Å². The van der Waals surface area contributed by atoms with Gasteiger partial charge in [-0.25, -0.2) is 9.59 Å². The molecular weight excluding hydrogens is 456 g/mol. The largest absolute Gasteiger partial charge is 0.462 e. The molecule has 0 aromatic heterocycles. The first kappa shape index (κ1) is 25.6. The van der Waals surface area contributed by atoms with Gasteiger partial charge in [0.15, 0.2) is 0 Å². The van der Waals surface area contributed by atoms with Crippen molar-refractivity contribution in [1.82, 2.24) is 4.90 Å². The van der Waals surface area contributed by atoms with E-state index in [1.165, 1.54) is 11.0 Å². The average molecular weight is 487 g/mol. The molecule has 34 heavy (non-hydrogen) atoms. The van der Waals surface area contributed by atoms with Crippen molar-refractivity contribution in [3.05, 3.63) is 53.1 Å². The number of carbonyl (C=O) groups is 3. The fourth-order valence-electron chi connectivity index (χ4n) is 3.85. The molecular formula is C26H31ClN2O5. The van der Waals surface area contributed by atoms with Crippen molar-refractivity contribution in [2.24, 2.45) is 0 Å². The quantitative estimate of drug-likeness (QED) is 0.531. The van der Waals surface area contributed by atoms with Gasteiger partial charge in [-0.3, -0.25) is 9.69 Å². The number of nitrogens with zero attached hydrogens (tertiary/aromatic N) is 1. The Morgan fingerprint density at radius 2 is 1.82 bits per heavy atom. The molecule has 2 amide bonds.